The van der Waals surface area contributed by atoms with Crippen LogP contribution in [0, 0.1) is 5.82 Å². The van der Waals surface area contributed by atoms with E-state index < -0.39 is 15.7 Å². The topological polar surface area (TPSA) is 46.2 Å². The molecule has 0 saturated carbocycles. The van der Waals surface area contributed by atoms with Gasteiger partial charge in [0.2, 0.25) is 0 Å². The molecule has 2 aromatic carbocycles. The van der Waals surface area contributed by atoms with Gasteiger partial charge in [-0.2, -0.15) is 0 Å². The Hall–Kier alpha value is -1.59. The molecule has 0 atom stereocenters. The van der Waals surface area contributed by atoms with E-state index in [1.54, 1.807) is 31.2 Å². The molecule has 0 aliphatic heterocycles. The van der Waals surface area contributed by atoms with Crippen molar-refractivity contribution in [3.63, 3.8) is 0 Å². The predicted molar refractivity (Wildman–Crippen MR) is 82.9 cm³/mol. The molecule has 0 unspecified atom stereocenters. The van der Waals surface area contributed by atoms with Gasteiger partial charge in [-0.3, -0.25) is 0 Å². The van der Waals surface area contributed by atoms with Crippen LogP contribution in [0.25, 0.3) is 0 Å². The lowest BCUT2D eigenvalue weighted by atomic mass is 10.2. The van der Waals surface area contributed by atoms with Crippen molar-refractivity contribution in [1.82, 2.24) is 0 Å². The SMILES string of the molecule is CCS(=O)(=O)c1ccc(NCc2cccc(Cl)c2F)cc1. The van der Waals surface area contributed by atoms with Gasteiger partial charge in [0.05, 0.1) is 15.7 Å². The highest BCUT2D eigenvalue weighted by Crippen LogP contribution is 2.20. The third-order valence-corrected chi connectivity index (χ3v) is 5.15. The van der Waals surface area contributed by atoms with Gasteiger partial charge in [-0.05, 0) is 30.3 Å². The number of sulfone groups is 1. The number of anilines is 1. The molecule has 0 radical (unpaired) electrons. The molecule has 2 rings (SSSR count). The van der Waals surface area contributed by atoms with Gasteiger partial charge in [-0.15, -0.1) is 0 Å². The van der Waals surface area contributed by atoms with E-state index >= 15 is 0 Å². The van der Waals surface area contributed by atoms with E-state index in [2.05, 4.69) is 5.32 Å². The third kappa shape index (κ3) is 3.74. The van der Waals surface area contributed by atoms with Gasteiger partial charge in [-0.1, -0.05) is 30.7 Å². The molecule has 2 aromatic rings. The van der Waals surface area contributed by atoms with E-state index in [-0.39, 0.29) is 22.2 Å². The molecular weight excluding hydrogens is 313 g/mol. The zero-order chi connectivity index (χ0) is 15.5. The van der Waals surface area contributed by atoms with Crippen molar-refractivity contribution in [2.75, 3.05) is 11.1 Å². The summed E-state index contributed by atoms with van der Waals surface area (Å²) in [6.45, 7) is 1.87. The fourth-order valence-corrected chi connectivity index (χ4v) is 2.91. The highest BCUT2D eigenvalue weighted by atomic mass is 35.5. The molecule has 0 heterocycles. The summed E-state index contributed by atoms with van der Waals surface area (Å²) in [6, 6.07) is 11.2. The normalized spacial score (nSPS) is 11.4. The molecule has 0 spiro atoms. The van der Waals surface area contributed by atoms with E-state index in [1.165, 1.54) is 18.2 Å². The maximum absolute atomic E-state index is 13.7. The third-order valence-electron chi connectivity index (χ3n) is 3.11. The Balaban J connectivity index is 2.09. The maximum Gasteiger partial charge on any atom is 0.178 e. The van der Waals surface area contributed by atoms with Gasteiger partial charge in [0.25, 0.3) is 0 Å². The largest absolute Gasteiger partial charge is 0.381 e. The lowest BCUT2D eigenvalue weighted by Gasteiger charge is -2.09. The summed E-state index contributed by atoms with van der Waals surface area (Å²) in [4.78, 5) is 0.282. The first kappa shape index (κ1) is 15.8. The average molecular weight is 328 g/mol. The van der Waals surface area contributed by atoms with Crippen molar-refractivity contribution in [1.29, 1.82) is 0 Å². The summed E-state index contributed by atoms with van der Waals surface area (Å²) in [6.07, 6.45) is 0. The maximum atomic E-state index is 13.7. The quantitative estimate of drug-likeness (QED) is 0.906. The summed E-state index contributed by atoms with van der Waals surface area (Å²) in [7, 11) is -3.20. The number of nitrogens with one attached hydrogen (secondary N) is 1. The molecule has 1 N–H and O–H groups in total. The molecule has 0 fully saturated rings. The van der Waals surface area contributed by atoms with Crippen LogP contribution >= 0.6 is 11.6 Å². The summed E-state index contributed by atoms with van der Waals surface area (Å²) < 4.78 is 37.1. The molecular formula is C15H15ClFNO2S. The average Bonchev–Trinajstić information content (AvgIpc) is 2.49. The number of hydrogen-bond acceptors (Lipinski definition) is 3. The first-order chi connectivity index (χ1) is 9.94. The van der Waals surface area contributed by atoms with Crippen molar-refractivity contribution in [2.24, 2.45) is 0 Å². The van der Waals surface area contributed by atoms with Crippen LogP contribution in [0.3, 0.4) is 0 Å². The molecule has 0 amide bonds. The standard InChI is InChI=1S/C15H15ClFNO2S/c1-2-21(19,20)13-8-6-12(7-9-13)18-10-11-4-3-5-14(16)15(11)17/h3-9,18H,2,10H2,1H3. The minimum absolute atomic E-state index is 0.0630. The van der Waals surface area contributed by atoms with Crippen LogP contribution in [0.2, 0.25) is 5.02 Å². The molecule has 21 heavy (non-hydrogen) atoms. The minimum Gasteiger partial charge on any atom is -0.381 e. The van der Waals surface area contributed by atoms with Crippen LogP contribution in [0.15, 0.2) is 47.4 Å². The van der Waals surface area contributed by atoms with E-state index in [0.717, 1.165) is 0 Å². The highest BCUT2D eigenvalue weighted by molar-refractivity contribution is 7.91. The van der Waals surface area contributed by atoms with Crippen LogP contribution in [0.4, 0.5) is 10.1 Å². The summed E-state index contributed by atoms with van der Waals surface area (Å²) in [5.41, 5.74) is 1.16. The van der Waals surface area contributed by atoms with Gasteiger partial charge in [0, 0.05) is 17.8 Å². The zero-order valence-corrected chi connectivity index (χ0v) is 13.0. The van der Waals surface area contributed by atoms with E-state index in [1.807, 2.05) is 0 Å². The first-order valence-electron chi connectivity index (χ1n) is 6.43. The van der Waals surface area contributed by atoms with Gasteiger partial charge < -0.3 is 5.32 Å². The van der Waals surface area contributed by atoms with Crippen molar-refractivity contribution >= 4 is 27.1 Å². The molecule has 0 aromatic heterocycles. The van der Waals surface area contributed by atoms with Gasteiger partial charge in [0.1, 0.15) is 5.82 Å². The molecule has 0 aliphatic carbocycles. The van der Waals surface area contributed by atoms with Crippen LogP contribution < -0.4 is 5.32 Å². The zero-order valence-electron chi connectivity index (χ0n) is 11.4. The summed E-state index contributed by atoms with van der Waals surface area (Å²) >= 11 is 5.71. The van der Waals surface area contributed by atoms with Crippen molar-refractivity contribution in [2.45, 2.75) is 18.4 Å². The Morgan fingerprint density at radius 3 is 2.43 bits per heavy atom. The van der Waals surface area contributed by atoms with Crippen LogP contribution in [-0.4, -0.2) is 14.2 Å². The van der Waals surface area contributed by atoms with Gasteiger partial charge in [-0.25, -0.2) is 12.8 Å². The highest BCUT2D eigenvalue weighted by Gasteiger charge is 2.11. The number of halogens is 2. The molecule has 0 bridgehead atoms. The molecule has 3 nitrogen and oxygen atoms in total. The number of hydrogen-bond donors (Lipinski definition) is 1. The Morgan fingerprint density at radius 2 is 1.81 bits per heavy atom. The summed E-state index contributed by atoms with van der Waals surface area (Å²) in [5, 5.41) is 3.11. The van der Waals surface area contributed by atoms with E-state index in [9.17, 15) is 12.8 Å². The fraction of sp³-hybridized carbons (Fsp3) is 0.200. The van der Waals surface area contributed by atoms with E-state index in [4.69, 9.17) is 11.6 Å². The Bertz CT molecular complexity index is 730. The lowest BCUT2D eigenvalue weighted by molar-refractivity contribution is 0.597. The van der Waals surface area contributed by atoms with Gasteiger partial charge >= 0.3 is 0 Å². The van der Waals surface area contributed by atoms with E-state index in [0.29, 0.717) is 11.3 Å². The molecule has 6 heteroatoms. The second-order valence-corrected chi connectivity index (χ2v) is 7.18. The fourth-order valence-electron chi connectivity index (χ4n) is 1.83. The van der Waals surface area contributed by atoms with Crippen LogP contribution in [0.5, 0.6) is 0 Å². The van der Waals surface area contributed by atoms with Gasteiger partial charge in [0.15, 0.2) is 9.84 Å². The number of benzene rings is 2. The second-order valence-electron chi connectivity index (χ2n) is 4.49. The van der Waals surface area contributed by atoms with Crippen LogP contribution in [-0.2, 0) is 16.4 Å². The Labute approximate surface area is 128 Å². The van der Waals surface area contributed by atoms with Crippen molar-refractivity contribution in [3.8, 4) is 0 Å². The molecule has 112 valence electrons. The molecule has 0 aliphatic rings. The lowest BCUT2D eigenvalue weighted by Crippen LogP contribution is -2.05. The van der Waals surface area contributed by atoms with Crippen molar-refractivity contribution in [3.05, 3.63) is 58.9 Å². The smallest absolute Gasteiger partial charge is 0.178 e. The monoisotopic (exact) mass is 327 g/mol. The molecule has 0 saturated heterocycles. The minimum atomic E-state index is -3.20. The first-order valence-corrected chi connectivity index (χ1v) is 8.46. The summed E-state index contributed by atoms with van der Waals surface area (Å²) in [5.74, 6) is -0.384. The second kappa shape index (κ2) is 6.45. The Morgan fingerprint density at radius 1 is 1.14 bits per heavy atom. The van der Waals surface area contributed by atoms with Crippen LogP contribution in [0.1, 0.15) is 12.5 Å². The number of rotatable bonds is 5. The predicted octanol–water partition coefficient (Wildman–Crippen LogP) is 3.88. The Kier molecular flexibility index (Phi) is 4.85. The van der Waals surface area contributed by atoms with Crippen molar-refractivity contribution < 1.29 is 12.8 Å².